The van der Waals surface area contributed by atoms with Crippen LogP contribution in [-0.2, 0) is 6.18 Å². The van der Waals surface area contributed by atoms with Crippen LogP contribution in [0.2, 0.25) is 0 Å². The van der Waals surface area contributed by atoms with E-state index in [9.17, 15) is 23.1 Å². The molecule has 1 saturated heterocycles. The van der Waals surface area contributed by atoms with Gasteiger partial charge in [-0.2, -0.15) is 18.3 Å². The second-order valence-corrected chi connectivity index (χ2v) is 7.73. The molecule has 164 valence electrons. The number of carbonyl (C=O) groups is 1. The fourth-order valence-corrected chi connectivity index (χ4v) is 4.00. The molecule has 3 heterocycles. The Labute approximate surface area is 177 Å². The Morgan fingerprint density at radius 2 is 1.84 bits per heavy atom. The second kappa shape index (κ2) is 8.66. The summed E-state index contributed by atoms with van der Waals surface area (Å²) in [6, 6.07) is 10.4. The van der Waals surface area contributed by atoms with E-state index >= 15 is 0 Å². The van der Waals surface area contributed by atoms with Gasteiger partial charge in [-0.05, 0) is 18.9 Å². The third-order valence-electron chi connectivity index (χ3n) is 5.61. The number of benzene rings is 1. The summed E-state index contributed by atoms with van der Waals surface area (Å²) in [5, 5.41) is 13.7. The molecule has 1 fully saturated rings. The molecule has 1 aliphatic heterocycles. The number of rotatable bonds is 3. The highest BCUT2D eigenvalue weighted by atomic mass is 19.4. The van der Waals surface area contributed by atoms with E-state index in [0.717, 1.165) is 31.7 Å². The van der Waals surface area contributed by atoms with Crippen molar-refractivity contribution < 1.29 is 23.1 Å². The molecule has 1 unspecified atom stereocenters. The highest BCUT2D eigenvalue weighted by molar-refractivity contribution is 5.93. The average Bonchev–Trinajstić information content (AvgIpc) is 3.17. The Morgan fingerprint density at radius 1 is 1.10 bits per heavy atom. The molecule has 3 aromatic rings. The number of alkyl halides is 3. The van der Waals surface area contributed by atoms with Gasteiger partial charge < -0.3 is 10.0 Å². The predicted molar refractivity (Wildman–Crippen MR) is 108 cm³/mol. The van der Waals surface area contributed by atoms with Crippen molar-refractivity contribution in [2.45, 2.75) is 44.3 Å². The lowest BCUT2D eigenvalue weighted by Gasteiger charge is -2.31. The summed E-state index contributed by atoms with van der Waals surface area (Å²) in [4.78, 5) is 19.0. The molecule has 6 nitrogen and oxygen atoms in total. The van der Waals surface area contributed by atoms with Crippen molar-refractivity contribution in [2.75, 3.05) is 13.2 Å². The molecule has 0 bridgehead atoms. The lowest BCUT2D eigenvalue weighted by atomic mass is 10.0. The molecule has 1 N–H and O–H groups in total. The molecular formula is C22H23F3N4O2. The van der Waals surface area contributed by atoms with Gasteiger partial charge in [0, 0.05) is 18.2 Å². The smallest absolute Gasteiger partial charge is 0.394 e. The minimum Gasteiger partial charge on any atom is -0.394 e. The summed E-state index contributed by atoms with van der Waals surface area (Å²) >= 11 is 0. The van der Waals surface area contributed by atoms with Crippen LogP contribution < -0.4 is 0 Å². The fourth-order valence-electron chi connectivity index (χ4n) is 4.00. The fraction of sp³-hybridized carbons (Fsp3) is 0.409. The maximum Gasteiger partial charge on any atom is 0.433 e. The Bertz CT molecular complexity index is 1070. The summed E-state index contributed by atoms with van der Waals surface area (Å²) < 4.78 is 42.0. The van der Waals surface area contributed by atoms with Crippen molar-refractivity contribution in [3.8, 4) is 11.3 Å². The number of hydrogen-bond donors (Lipinski definition) is 1. The SMILES string of the molecule is O=C(c1cc2nc(-c3ccccc3)cc(C(F)(F)F)n2n1)N1CCCCCCC1CO. The molecule has 1 atom stereocenters. The van der Waals surface area contributed by atoms with Gasteiger partial charge in [-0.1, -0.05) is 49.6 Å². The van der Waals surface area contributed by atoms with Gasteiger partial charge >= 0.3 is 6.18 Å². The molecule has 1 aromatic carbocycles. The minimum absolute atomic E-state index is 0.0513. The van der Waals surface area contributed by atoms with Gasteiger partial charge in [-0.25, -0.2) is 9.50 Å². The lowest BCUT2D eigenvalue weighted by Crippen LogP contribution is -2.44. The number of hydrogen-bond acceptors (Lipinski definition) is 4. The maximum atomic E-state index is 13.8. The van der Waals surface area contributed by atoms with E-state index in [0.29, 0.717) is 23.0 Å². The Hall–Kier alpha value is -2.94. The molecule has 0 aliphatic carbocycles. The van der Waals surface area contributed by atoms with E-state index < -0.39 is 17.8 Å². The molecule has 2 aromatic heterocycles. The van der Waals surface area contributed by atoms with E-state index in [1.54, 1.807) is 30.3 Å². The molecule has 0 radical (unpaired) electrons. The number of nitrogens with zero attached hydrogens (tertiary/aromatic N) is 4. The zero-order valence-electron chi connectivity index (χ0n) is 16.8. The molecule has 0 saturated carbocycles. The average molecular weight is 432 g/mol. The van der Waals surface area contributed by atoms with Gasteiger partial charge in [0.1, 0.15) is 0 Å². The minimum atomic E-state index is -4.68. The molecular weight excluding hydrogens is 409 g/mol. The van der Waals surface area contributed by atoms with E-state index in [4.69, 9.17) is 0 Å². The summed E-state index contributed by atoms with van der Waals surface area (Å²) in [6.07, 6.45) is -0.355. The highest BCUT2D eigenvalue weighted by Crippen LogP contribution is 2.32. The molecule has 4 rings (SSSR count). The Morgan fingerprint density at radius 3 is 2.55 bits per heavy atom. The van der Waals surface area contributed by atoms with Gasteiger partial charge in [0.2, 0.25) is 0 Å². The van der Waals surface area contributed by atoms with E-state index in [-0.39, 0.29) is 29.7 Å². The predicted octanol–water partition coefficient (Wildman–Crippen LogP) is 4.18. The monoisotopic (exact) mass is 432 g/mol. The van der Waals surface area contributed by atoms with E-state index in [2.05, 4.69) is 10.1 Å². The first-order chi connectivity index (χ1) is 14.9. The summed E-state index contributed by atoms with van der Waals surface area (Å²) in [7, 11) is 0. The third-order valence-corrected chi connectivity index (χ3v) is 5.61. The van der Waals surface area contributed by atoms with Crippen LogP contribution >= 0.6 is 0 Å². The largest absolute Gasteiger partial charge is 0.433 e. The Balaban J connectivity index is 1.78. The molecule has 31 heavy (non-hydrogen) atoms. The summed E-state index contributed by atoms with van der Waals surface area (Å²) in [6.45, 7) is 0.246. The zero-order chi connectivity index (χ0) is 22.0. The zero-order valence-corrected chi connectivity index (χ0v) is 16.8. The van der Waals surface area contributed by atoms with Crippen LogP contribution in [0, 0.1) is 0 Å². The van der Waals surface area contributed by atoms with Crippen LogP contribution in [0.15, 0.2) is 42.5 Å². The quantitative estimate of drug-likeness (QED) is 0.674. The number of aliphatic hydroxyl groups excluding tert-OH is 1. The third kappa shape index (κ3) is 4.41. The normalized spacial score (nSPS) is 18.1. The summed E-state index contributed by atoms with van der Waals surface area (Å²) in [5.74, 6) is -0.485. The van der Waals surface area contributed by atoms with Crippen molar-refractivity contribution in [2.24, 2.45) is 0 Å². The number of aromatic nitrogens is 3. The van der Waals surface area contributed by atoms with Crippen LogP contribution in [0.25, 0.3) is 16.9 Å². The van der Waals surface area contributed by atoms with Crippen LogP contribution in [0.5, 0.6) is 0 Å². The molecule has 0 spiro atoms. The van der Waals surface area contributed by atoms with Crippen molar-refractivity contribution in [3.05, 3.63) is 53.9 Å². The van der Waals surface area contributed by atoms with Gasteiger partial charge in [0.15, 0.2) is 17.0 Å². The maximum absolute atomic E-state index is 13.8. The lowest BCUT2D eigenvalue weighted by molar-refractivity contribution is -0.142. The Kier molecular flexibility index (Phi) is 5.95. The van der Waals surface area contributed by atoms with Crippen molar-refractivity contribution in [1.82, 2.24) is 19.5 Å². The first kappa shape index (κ1) is 21.3. The molecule has 9 heteroatoms. The highest BCUT2D eigenvalue weighted by Gasteiger charge is 2.36. The number of amides is 1. The van der Waals surface area contributed by atoms with E-state index in [1.807, 2.05) is 0 Å². The van der Waals surface area contributed by atoms with Crippen molar-refractivity contribution >= 4 is 11.6 Å². The van der Waals surface area contributed by atoms with Crippen LogP contribution in [0.1, 0.15) is 48.3 Å². The number of carbonyl (C=O) groups excluding carboxylic acids is 1. The first-order valence-corrected chi connectivity index (χ1v) is 10.3. The van der Waals surface area contributed by atoms with Gasteiger partial charge in [0.25, 0.3) is 5.91 Å². The standard InChI is InChI=1S/C22H23F3N4O2/c23-22(24,25)19-12-17(15-8-4-3-5-9-15)26-20-13-18(27-29(19)20)21(31)28-11-7-2-1-6-10-16(28)14-30/h3-5,8-9,12-13,16,30H,1-2,6-7,10-11,14H2. The number of aliphatic hydroxyl groups is 1. The van der Waals surface area contributed by atoms with Gasteiger partial charge in [-0.3, -0.25) is 4.79 Å². The van der Waals surface area contributed by atoms with Gasteiger partial charge in [-0.15, -0.1) is 0 Å². The molecule has 1 aliphatic rings. The van der Waals surface area contributed by atoms with Crippen LogP contribution in [0.4, 0.5) is 13.2 Å². The topological polar surface area (TPSA) is 70.7 Å². The van der Waals surface area contributed by atoms with Crippen molar-refractivity contribution in [3.63, 3.8) is 0 Å². The summed E-state index contributed by atoms with van der Waals surface area (Å²) in [5.41, 5.74) is -0.471. The second-order valence-electron chi connectivity index (χ2n) is 7.73. The number of likely N-dealkylation sites (tertiary alicyclic amines) is 1. The van der Waals surface area contributed by atoms with E-state index in [1.165, 1.54) is 11.0 Å². The molecule has 1 amide bonds. The van der Waals surface area contributed by atoms with Crippen LogP contribution in [-0.4, -0.2) is 49.7 Å². The van der Waals surface area contributed by atoms with Crippen molar-refractivity contribution in [1.29, 1.82) is 0 Å². The van der Waals surface area contributed by atoms with Gasteiger partial charge in [0.05, 0.1) is 18.3 Å². The first-order valence-electron chi connectivity index (χ1n) is 10.3. The van der Waals surface area contributed by atoms with Crippen LogP contribution in [0.3, 0.4) is 0 Å². The number of fused-ring (bicyclic) bond motifs is 1. The number of halogens is 3.